The lowest BCUT2D eigenvalue weighted by atomic mass is 10.3. The summed E-state index contributed by atoms with van der Waals surface area (Å²) in [7, 11) is -3.45. The first-order valence-corrected chi connectivity index (χ1v) is 8.37. The molecule has 0 saturated heterocycles. The fourth-order valence-electron chi connectivity index (χ4n) is 1.20. The van der Waals surface area contributed by atoms with Crippen molar-refractivity contribution < 1.29 is 8.42 Å². The lowest BCUT2D eigenvalue weighted by Gasteiger charge is -2.13. The Bertz CT molecular complexity index is 454. The van der Waals surface area contributed by atoms with Gasteiger partial charge in [0.05, 0.1) is 8.68 Å². The molecule has 1 rings (SSSR count). The molecule has 0 aliphatic carbocycles. The van der Waals surface area contributed by atoms with Crippen molar-refractivity contribution in [1.82, 2.24) is 4.72 Å². The molecule has 0 saturated carbocycles. The second-order valence-electron chi connectivity index (χ2n) is 3.35. The second kappa shape index (κ2) is 5.82. The maximum atomic E-state index is 12.0. The van der Waals surface area contributed by atoms with Crippen molar-refractivity contribution in [3.8, 4) is 0 Å². The van der Waals surface area contributed by atoms with E-state index in [2.05, 4.69) is 20.7 Å². The third-order valence-electron chi connectivity index (χ3n) is 2.13. The lowest BCUT2D eigenvalue weighted by Crippen LogP contribution is -2.35. The number of thiophene rings is 1. The summed E-state index contributed by atoms with van der Waals surface area (Å²) in [6.45, 7) is 3.68. The van der Waals surface area contributed by atoms with Gasteiger partial charge >= 0.3 is 0 Å². The van der Waals surface area contributed by atoms with Gasteiger partial charge in [0, 0.05) is 16.8 Å². The number of rotatable bonds is 5. The van der Waals surface area contributed by atoms with Gasteiger partial charge in [-0.25, -0.2) is 13.1 Å². The van der Waals surface area contributed by atoms with Crippen LogP contribution in [-0.2, 0) is 10.0 Å². The van der Waals surface area contributed by atoms with Gasteiger partial charge in [0.1, 0.15) is 0 Å². The normalized spacial score (nSPS) is 14.0. The molecule has 0 fully saturated rings. The van der Waals surface area contributed by atoms with Crippen LogP contribution >= 0.6 is 38.9 Å². The number of aryl methyl sites for hydroxylation is 1. The Kier molecular flexibility index (Phi) is 5.25. The molecular weight excluding hydrogens is 334 g/mol. The Morgan fingerprint density at radius 1 is 1.62 bits per heavy atom. The third kappa shape index (κ3) is 3.43. The Morgan fingerprint density at radius 3 is 2.62 bits per heavy atom. The fraction of sp³-hybridized carbons (Fsp3) is 0.556. The van der Waals surface area contributed by atoms with Gasteiger partial charge in [-0.05, 0) is 35.3 Å². The third-order valence-corrected chi connectivity index (χ3v) is 5.83. The van der Waals surface area contributed by atoms with Gasteiger partial charge in [-0.3, -0.25) is 0 Å². The average molecular weight is 347 g/mol. The number of nitrogens with one attached hydrogen (secondary N) is 1. The highest BCUT2D eigenvalue weighted by Crippen LogP contribution is 2.29. The van der Waals surface area contributed by atoms with E-state index in [4.69, 9.17) is 11.6 Å². The van der Waals surface area contributed by atoms with E-state index in [9.17, 15) is 8.42 Å². The summed E-state index contributed by atoms with van der Waals surface area (Å²) in [5, 5.41) is 0. The van der Waals surface area contributed by atoms with Gasteiger partial charge in [0.2, 0.25) is 10.0 Å². The minimum atomic E-state index is -3.45. The van der Waals surface area contributed by atoms with Crippen LogP contribution in [0.2, 0.25) is 0 Å². The molecule has 0 amide bonds. The van der Waals surface area contributed by atoms with E-state index in [1.165, 1.54) is 11.3 Å². The Labute approximate surface area is 113 Å². The summed E-state index contributed by atoms with van der Waals surface area (Å²) in [6.07, 6.45) is 0.674. The Balaban J connectivity index is 2.98. The molecule has 7 heteroatoms. The molecule has 0 spiro atoms. The zero-order valence-electron chi connectivity index (χ0n) is 8.96. The van der Waals surface area contributed by atoms with Gasteiger partial charge < -0.3 is 0 Å². The monoisotopic (exact) mass is 345 g/mol. The summed E-state index contributed by atoms with van der Waals surface area (Å²) in [5.74, 6) is 0.278. The van der Waals surface area contributed by atoms with Crippen LogP contribution < -0.4 is 4.72 Å². The fourth-order valence-corrected chi connectivity index (χ4v) is 5.32. The molecule has 1 unspecified atom stereocenters. The summed E-state index contributed by atoms with van der Waals surface area (Å²) in [5.41, 5.74) is 0. The molecule has 1 aromatic rings. The van der Waals surface area contributed by atoms with E-state index in [0.29, 0.717) is 11.3 Å². The molecule has 0 bridgehead atoms. The van der Waals surface area contributed by atoms with Crippen LogP contribution in [-0.4, -0.2) is 20.3 Å². The van der Waals surface area contributed by atoms with Crippen LogP contribution in [0.1, 0.15) is 18.2 Å². The van der Waals surface area contributed by atoms with Crippen LogP contribution in [0.15, 0.2) is 14.7 Å². The Morgan fingerprint density at radius 2 is 2.25 bits per heavy atom. The first-order chi connectivity index (χ1) is 7.40. The largest absolute Gasteiger partial charge is 0.241 e. The van der Waals surface area contributed by atoms with Crippen molar-refractivity contribution >= 4 is 48.9 Å². The zero-order valence-corrected chi connectivity index (χ0v) is 12.9. The second-order valence-corrected chi connectivity index (χ2v) is 7.98. The van der Waals surface area contributed by atoms with E-state index in [-0.39, 0.29) is 11.9 Å². The standard InChI is InChI=1S/C9H13BrClNO2S2/c1-3-7(5-11)12-16(13,14)8-4-9(10)15-6(8)2/h4,7,12H,3,5H2,1-2H3. The lowest BCUT2D eigenvalue weighted by molar-refractivity contribution is 0.557. The molecule has 1 N–H and O–H groups in total. The molecule has 1 atom stereocenters. The summed E-state index contributed by atoms with van der Waals surface area (Å²) in [6, 6.07) is 1.40. The van der Waals surface area contributed by atoms with Gasteiger partial charge in [0.15, 0.2) is 0 Å². The van der Waals surface area contributed by atoms with Crippen molar-refractivity contribution in [2.45, 2.75) is 31.2 Å². The molecule has 92 valence electrons. The molecular formula is C9H13BrClNO2S2. The molecule has 0 radical (unpaired) electrons. The first-order valence-electron chi connectivity index (χ1n) is 4.75. The minimum absolute atomic E-state index is 0.218. The summed E-state index contributed by atoms with van der Waals surface area (Å²) >= 11 is 10.4. The van der Waals surface area contributed by atoms with E-state index in [1.807, 2.05) is 6.92 Å². The van der Waals surface area contributed by atoms with Crippen molar-refractivity contribution in [3.63, 3.8) is 0 Å². The number of halogens is 2. The highest BCUT2D eigenvalue weighted by Gasteiger charge is 2.22. The zero-order chi connectivity index (χ0) is 12.3. The van der Waals surface area contributed by atoms with Gasteiger partial charge in [-0.1, -0.05) is 6.92 Å². The number of hydrogen-bond acceptors (Lipinski definition) is 3. The van der Waals surface area contributed by atoms with E-state index >= 15 is 0 Å². The van der Waals surface area contributed by atoms with Crippen LogP contribution in [0.25, 0.3) is 0 Å². The van der Waals surface area contributed by atoms with Crippen LogP contribution in [0.4, 0.5) is 0 Å². The van der Waals surface area contributed by atoms with E-state index < -0.39 is 10.0 Å². The maximum Gasteiger partial charge on any atom is 0.241 e. The number of sulfonamides is 1. The predicted molar refractivity (Wildman–Crippen MR) is 71.9 cm³/mol. The molecule has 1 aromatic heterocycles. The maximum absolute atomic E-state index is 12.0. The van der Waals surface area contributed by atoms with Crippen LogP contribution in [0.5, 0.6) is 0 Å². The van der Waals surface area contributed by atoms with Crippen molar-refractivity contribution in [3.05, 3.63) is 14.7 Å². The molecule has 3 nitrogen and oxygen atoms in total. The van der Waals surface area contributed by atoms with Gasteiger partial charge in [-0.15, -0.1) is 22.9 Å². The SMILES string of the molecule is CCC(CCl)NS(=O)(=O)c1cc(Br)sc1C. The summed E-state index contributed by atoms with van der Waals surface area (Å²) < 4.78 is 27.4. The molecule has 0 aliphatic heterocycles. The molecule has 1 heterocycles. The quantitative estimate of drug-likeness (QED) is 0.833. The van der Waals surface area contributed by atoms with Gasteiger partial charge in [-0.2, -0.15) is 0 Å². The van der Waals surface area contributed by atoms with Crippen molar-refractivity contribution in [2.24, 2.45) is 0 Å². The smallest absolute Gasteiger partial charge is 0.207 e. The van der Waals surface area contributed by atoms with E-state index in [0.717, 1.165) is 8.66 Å². The molecule has 16 heavy (non-hydrogen) atoms. The van der Waals surface area contributed by atoms with Crippen LogP contribution in [0, 0.1) is 6.92 Å². The highest BCUT2D eigenvalue weighted by molar-refractivity contribution is 9.11. The number of alkyl halides is 1. The summed E-state index contributed by atoms with van der Waals surface area (Å²) in [4.78, 5) is 1.09. The predicted octanol–water partition coefficient (Wildman–Crippen LogP) is 3.11. The highest BCUT2D eigenvalue weighted by atomic mass is 79.9. The van der Waals surface area contributed by atoms with Crippen LogP contribution in [0.3, 0.4) is 0 Å². The van der Waals surface area contributed by atoms with Crippen molar-refractivity contribution in [2.75, 3.05) is 5.88 Å². The first kappa shape index (κ1) is 14.4. The van der Waals surface area contributed by atoms with Gasteiger partial charge in [0.25, 0.3) is 0 Å². The molecule has 0 aliphatic rings. The Hall–Kier alpha value is 0.380. The topological polar surface area (TPSA) is 46.2 Å². The van der Waals surface area contributed by atoms with E-state index in [1.54, 1.807) is 13.0 Å². The number of hydrogen-bond donors (Lipinski definition) is 1. The molecule has 0 aromatic carbocycles. The van der Waals surface area contributed by atoms with Crippen molar-refractivity contribution in [1.29, 1.82) is 0 Å². The minimum Gasteiger partial charge on any atom is -0.207 e. The average Bonchev–Trinajstić information content (AvgIpc) is 2.55.